The molecule has 0 atom stereocenters. The van der Waals surface area contributed by atoms with Gasteiger partial charge in [0.2, 0.25) is 0 Å². The second-order valence-corrected chi connectivity index (χ2v) is 6.71. The zero-order valence-corrected chi connectivity index (χ0v) is 17.0. The van der Waals surface area contributed by atoms with Crippen LogP contribution >= 0.6 is 0 Å². The summed E-state index contributed by atoms with van der Waals surface area (Å²) >= 11 is 0. The summed E-state index contributed by atoms with van der Waals surface area (Å²) in [6.07, 6.45) is 3.91. The molecule has 0 aliphatic carbocycles. The first kappa shape index (κ1) is 19.3. The number of hydrogen-bond donors (Lipinski definition) is 2. The van der Waals surface area contributed by atoms with E-state index >= 15 is 0 Å². The molecular formula is C23H22N4O3. The minimum Gasteiger partial charge on any atom is -0.493 e. The van der Waals surface area contributed by atoms with Crippen LogP contribution in [-0.2, 0) is 0 Å². The third kappa shape index (κ3) is 3.65. The Labute approximate surface area is 174 Å². The van der Waals surface area contributed by atoms with Gasteiger partial charge in [0.15, 0.2) is 11.5 Å². The fraction of sp³-hybridized carbons (Fsp3) is 0.130. The molecule has 7 nitrogen and oxygen atoms in total. The number of urea groups is 1. The van der Waals surface area contributed by atoms with E-state index in [4.69, 9.17) is 14.5 Å². The number of anilines is 2. The van der Waals surface area contributed by atoms with Gasteiger partial charge in [0.1, 0.15) is 5.65 Å². The van der Waals surface area contributed by atoms with E-state index in [0.29, 0.717) is 22.9 Å². The Morgan fingerprint density at radius 1 is 0.933 bits per heavy atom. The predicted molar refractivity (Wildman–Crippen MR) is 118 cm³/mol. The molecule has 2 aromatic heterocycles. The first-order chi connectivity index (χ1) is 14.6. The summed E-state index contributed by atoms with van der Waals surface area (Å²) in [6.45, 7) is 2.02. The molecule has 0 spiro atoms. The lowest BCUT2D eigenvalue weighted by atomic mass is 10.1. The summed E-state index contributed by atoms with van der Waals surface area (Å²) < 4.78 is 12.6. The Balaban J connectivity index is 1.62. The summed E-state index contributed by atoms with van der Waals surface area (Å²) in [4.78, 5) is 17.5. The number of carbonyl (C=O) groups is 1. The van der Waals surface area contributed by atoms with Crippen LogP contribution in [0.5, 0.6) is 11.5 Å². The molecule has 0 radical (unpaired) electrons. The average Bonchev–Trinajstić information content (AvgIpc) is 3.19. The maximum absolute atomic E-state index is 12.7. The van der Waals surface area contributed by atoms with Crippen molar-refractivity contribution < 1.29 is 14.3 Å². The van der Waals surface area contributed by atoms with E-state index in [0.717, 1.165) is 22.5 Å². The first-order valence-corrected chi connectivity index (χ1v) is 9.43. The van der Waals surface area contributed by atoms with Crippen molar-refractivity contribution in [2.24, 2.45) is 0 Å². The first-order valence-electron chi connectivity index (χ1n) is 9.43. The van der Waals surface area contributed by atoms with Crippen molar-refractivity contribution in [3.8, 4) is 22.8 Å². The molecule has 2 amide bonds. The third-order valence-electron chi connectivity index (χ3n) is 4.78. The fourth-order valence-corrected chi connectivity index (χ4v) is 3.36. The highest BCUT2D eigenvalue weighted by Crippen LogP contribution is 2.35. The molecule has 4 aromatic rings. The number of hydrogen-bond acceptors (Lipinski definition) is 4. The number of pyridine rings is 1. The number of aryl methyl sites for hydroxylation is 1. The van der Waals surface area contributed by atoms with E-state index < -0.39 is 6.03 Å². The molecule has 2 N–H and O–H groups in total. The fourth-order valence-electron chi connectivity index (χ4n) is 3.36. The number of methoxy groups -OCH3 is 2. The Kier molecular flexibility index (Phi) is 5.26. The summed E-state index contributed by atoms with van der Waals surface area (Å²) in [7, 11) is 3.08. The maximum atomic E-state index is 12.7. The van der Waals surface area contributed by atoms with Crippen LogP contribution in [-0.4, -0.2) is 29.6 Å². The summed E-state index contributed by atoms with van der Waals surface area (Å²) in [5.41, 5.74) is 4.73. The number of para-hydroxylation sites is 2. The van der Waals surface area contributed by atoms with Crippen LogP contribution in [0.25, 0.3) is 16.9 Å². The van der Waals surface area contributed by atoms with E-state index in [1.165, 1.54) is 7.11 Å². The molecule has 2 heterocycles. The van der Waals surface area contributed by atoms with Gasteiger partial charge >= 0.3 is 6.03 Å². The molecule has 0 saturated heterocycles. The largest absolute Gasteiger partial charge is 0.493 e. The van der Waals surface area contributed by atoms with Gasteiger partial charge in [-0.25, -0.2) is 9.78 Å². The van der Waals surface area contributed by atoms with E-state index in [9.17, 15) is 4.79 Å². The van der Waals surface area contributed by atoms with Gasteiger partial charge < -0.3 is 24.5 Å². The molecule has 7 heteroatoms. The van der Waals surface area contributed by atoms with Gasteiger partial charge in [-0.3, -0.25) is 0 Å². The standard InChI is InChI=1S/C23H22N4O3/c1-15-8-7-13-27-14-19(24-22(15)27)16-9-4-5-10-17(16)25-23(28)26-18-11-6-12-20(29-2)21(18)30-3/h4-14H,1-3H3,(H2,25,26,28). The zero-order chi connectivity index (χ0) is 21.1. The Morgan fingerprint density at radius 2 is 1.70 bits per heavy atom. The second kappa shape index (κ2) is 8.16. The number of nitrogens with zero attached hydrogens (tertiary/aromatic N) is 2. The van der Waals surface area contributed by atoms with Crippen LogP contribution in [0, 0.1) is 6.92 Å². The van der Waals surface area contributed by atoms with Gasteiger partial charge in [-0.05, 0) is 36.8 Å². The number of aromatic nitrogens is 2. The Bertz CT molecular complexity index is 1220. The molecule has 2 aromatic carbocycles. The van der Waals surface area contributed by atoms with Gasteiger partial charge in [-0.15, -0.1) is 0 Å². The smallest absolute Gasteiger partial charge is 0.323 e. The number of ether oxygens (including phenoxy) is 2. The lowest BCUT2D eigenvalue weighted by Gasteiger charge is -2.14. The van der Waals surface area contributed by atoms with Crippen molar-refractivity contribution in [3.63, 3.8) is 0 Å². The number of nitrogens with one attached hydrogen (secondary N) is 2. The molecule has 0 aliphatic heterocycles. The lowest BCUT2D eigenvalue weighted by molar-refractivity contribution is 0.262. The van der Waals surface area contributed by atoms with Gasteiger partial charge in [0, 0.05) is 18.0 Å². The van der Waals surface area contributed by atoms with E-state index in [2.05, 4.69) is 10.6 Å². The SMILES string of the molecule is COc1cccc(NC(=O)Nc2ccccc2-c2cn3cccc(C)c3n2)c1OC. The predicted octanol–water partition coefficient (Wildman–Crippen LogP) is 4.97. The number of fused-ring (bicyclic) bond motifs is 1. The van der Waals surface area contributed by atoms with Crippen LogP contribution < -0.4 is 20.1 Å². The molecule has 0 fully saturated rings. The normalized spacial score (nSPS) is 10.6. The highest BCUT2D eigenvalue weighted by molar-refractivity contribution is 6.03. The maximum Gasteiger partial charge on any atom is 0.323 e. The molecular weight excluding hydrogens is 380 g/mol. The summed E-state index contributed by atoms with van der Waals surface area (Å²) in [5.74, 6) is 0.995. The van der Waals surface area contributed by atoms with Gasteiger partial charge in [-0.2, -0.15) is 0 Å². The molecule has 4 rings (SSSR count). The molecule has 152 valence electrons. The van der Waals surface area contributed by atoms with Crippen LogP contribution in [0.1, 0.15) is 5.56 Å². The molecule has 0 saturated carbocycles. The van der Waals surface area contributed by atoms with E-state index in [1.54, 1.807) is 25.3 Å². The Morgan fingerprint density at radius 3 is 2.47 bits per heavy atom. The molecule has 30 heavy (non-hydrogen) atoms. The Hall–Kier alpha value is -4.00. The molecule has 0 aliphatic rings. The quantitative estimate of drug-likeness (QED) is 0.494. The van der Waals surface area contributed by atoms with Crippen molar-refractivity contribution in [2.75, 3.05) is 24.9 Å². The van der Waals surface area contributed by atoms with Gasteiger partial charge in [0.25, 0.3) is 0 Å². The van der Waals surface area contributed by atoms with Crippen molar-refractivity contribution in [1.29, 1.82) is 0 Å². The summed E-state index contributed by atoms with van der Waals surface area (Å²) in [5, 5.41) is 5.73. The van der Waals surface area contributed by atoms with E-state index in [1.807, 2.05) is 60.1 Å². The highest BCUT2D eigenvalue weighted by Gasteiger charge is 2.15. The third-order valence-corrected chi connectivity index (χ3v) is 4.78. The molecule has 0 bridgehead atoms. The average molecular weight is 402 g/mol. The monoisotopic (exact) mass is 402 g/mol. The van der Waals surface area contributed by atoms with E-state index in [-0.39, 0.29) is 0 Å². The van der Waals surface area contributed by atoms with Crippen molar-refractivity contribution in [3.05, 3.63) is 72.6 Å². The number of amides is 2. The van der Waals surface area contributed by atoms with Crippen LogP contribution in [0.15, 0.2) is 67.0 Å². The topological polar surface area (TPSA) is 76.9 Å². The number of carbonyl (C=O) groups excluding carboxylic acids is 1. The lowest BCUT2D eigenvalue weighted by Crippen LogP contribution is -2.20. The summed E-state index contributed by atoms with van der Waals surface area (Å²) in [6, 6.07) is 16.5. The van der Waals surface area contributed by atoms with Crippen LogP contribution in [0.2, 0.25) is 0 Å². The minimum absolute atomic E-state index is 0.394. The number of rotatable bonds is 5. The molecule has 0 unspecified atom stereocenters. The van der Waals surface area contributed by atoms with Crippen LogP contribution in [0.4, 0.5) is 16.2 Å². The second-order valence-electron chi connectivity index (χ2n) is 6.71. The zero-order valence-electron chi connectivity index (χ0n) is 17.0. The van der Waals surface area contributed by atoms with Crippen molar-refractivity contribution in [1.82, 2.24) is 9.38 Å². The minimum atomic E-state index is -0.394. The number of imidazole rings is 1. The van der Waals surface area contributed by atoms with Gasteiger partial charge in [0.05, 0.1) is 31.3 Å². The highest BCUT2D eigenvalue weighted by atomic mass is 16.5. The van der Waals surface area contributed by atoms with Crippen LogP contribution in [0.3, 0.4) is 0 Å². The van der Waals surface area contributed by atoms with Gasteiger partial charge in [-0.1, -0.05) is 30.3 Å². The number of benzene rings is 2. The van der Waals surface area contributed by atoms with Crippen molar-refractivity contribution >= 4 is 23.1 Å². The van der Waals surface area contributed by atoms with Crippen molar-refractivity contribution in [2.45, 2.75) is 6.92 Å².